The van der Waals surface area contributed by atoms with E-state index in [0.717, 1.165) is 12.0 Å². The molecular formula is C20H28N2O4. The SMILES string of the molecule is CC(CN(C)C(=O)C1CCN(C(=O)CCc2ccccc2)CC1)C(=O)O. The number of carbonyl (C=O) groups is 3. The van der Waals surface area contributed by atoms with Crippen LogP contribution in [-0.4, -0.2) is 59.4 Å². The quantitative estimate of drug-likeness (QED) is 0.807. The number of rotatable bonds is 7. The fraction of sp³-hybridized carbons (Fsp3) is 0.550. The lowest BCUT2D eigenvalue weighted by Crippen LogP contribution is -2.44. The molecule has 0 saturated carbocycles. The predicted octanol–water partition coefficient (Wildman–Crippen LogP) is 2.04. The van der Waals surface area contributed by atoms with E-state index in [1.54, 1.807) is 14.0 Å². The van der Waals surface area contributed by atoms with Gasteiger partial charge in [-0.1, -0.05) is 37.3 Å². The molecule has 142 valence electrons. The number of amides is 2. The number of aliphatic carboxylic acids is 1. The third-order valence-corrected chi connectivity index (χ3v) is 5.01. The van der Waals surface area contributed by atoms with Crippen molar-refractivity contribution in [3.8, 4) is 0 Å². The fourth-order valence-corrected chi connectivity index (χ4v) is 3.32. The molecule has 1 aliphatic rings. The number of carboxylic acids is 1. The number of benzene rings is 1. The molecule has 1 atom stereocenters. The van der Waals surface area contributed by atoms with E-state index in [0.29, 0.717) is 32.4 Å². The van der Waals surface area contributed by atoms with Gasteiger partial charge in [-0.3, -0.25) is 14.4 Å². The Morgan fingerprint density at radius 2 is 1.81 bits per heavy atom. The normalized spacial score (nSPS) is 16.2. The molecule has 26 heavy (non-hydrogen) atoms. The highest BCUT2D eigenvalue weighted by Gasteiger charge is 2.29. The van der Waals surface area contributed by atoms with Crippen molar-refractivity contribution in [2.75, 3.05) is 26.7 Å². The Kier molecular flexibility index (Phi) is 7.18. The Bertz CT molecular complexity index is 624. The van der Waals surface area contributed by atoms with E-state index in [1.807, 2.05) is 35.2 Å². The second-order valence-corrected chi connectivity index (χ2v) is 7.10. The summed E-state index contributed by atoms with van der Waals surface area (Å²) in [5.74, 6) is -1.49. The largest absolute Gasteiger partial charge is 0.481 e. The number of aryl methyl sites for hydroxylation is 1. The average molecular weight is 360 g/mol. The fourth-order valence-electron chi connectivity index (χ4n) is 3.32. The van der Waals surface area contributed by atoms with E-state index in [-0.39, 0.29) is 24.3 Å². The van der Waals surface area contributed by atoms with Crippen molar-refractivity contribution in [2.24, 2.45) is 11.8 Å². The molecule has 0 aliphatic carbocycles. The van der Waals surface area contributed by atoms with Crippen molar-refractivity contribution in [2.45, 2.75) is 32.6 Å². The van der Waals surface area contributed by atoms with Gasteiger partial charge in [0.2, 0.25) is 11.8 Å². The zero-order valence-corrected chi connectivity index (χ0v) is 15.6. The van der Waals surface area contributed by atoms with Gasteiger partial charge in [0.05, 0.1) is 5.92 Å². The van der Waals surface area contributed by atoms with Crippen LogP contribution in [0.1, 0.15) is 31.7 Å². The van der Waals surface area contributed by atoms with Crippen LogP contribution >= 0.6 is 0 Å². The Hall–Kier alpha value is -2.37. The lowest BCUT2D eigenvalue weighted by atomic mass is 9.94. The Balaban J connectivity index is 1.76. The summed E-state index contributed by atoms with van der Waals surface area (Å²) in [5, 5.41) is 8.97. The van der Waals surface area contributed by atoms with Gasteiger partial charge in [0.1, 0.15) is 0 Å². The maximum atomic E-state index is 12.5. The van der Waals surface area contributed by atoms with Crippen molar-refractivity contribution in [1.82, 2.24) is 9.80 Å². The highest BCUT2D eigenvalue weighted by molar-refractivity contribution is 5.80. The molecule has 2 amide bonds. The van der Waals surface area contributed by atoms with Crippen molar-refractivity contribution in [3.63, 3.8) is 0 Å². The first-order valence-electron chi connectivity index (χ1n) is 9.18. The molecule has 1 heterocycles. The van der Waals surface area contributed by atoms with Crippen LogP contribution in [0.5, 0.6) is 0 Å². The molecule has 6 heteroatoms. The maximum Gasteiger partial charge on any atom is 0.308 e. The van der Waals surface area contributed by atoms with Crippen LogP contribution in [-0.2, 0) is 20.8 Å². The summed E-state index contributed by atoms with van der Waals surface area (Å²) in [6.45, 7) is 2.99. The summed E-state index contributed by atoms with van der Waals surface area (Å²) < 4.78 is 0. The molecule has 1 aromatic carbocycles. The number of hydrogen-bond acceptors (Lipinski definition) is 3. The van der Waals surface area contributed by atoms with Crippen molar-refractivity contribution >= 4 is 17.8 Å². The van der Waals surface area contributed by atoms with Gasteiger partial charge in [-0.25, -0.2) is 0 Å². The van der Waals surface area contributed by atoms with Gasteiger partial charge in [0.25, 0.3) is 0 Å². The molecule has 0 bridgehead atoms. The van der Waals surface area contributed by atoms with Crippen LogP contribution < -0.4 is 0 Å². The Morgan fingerprint density at radius 1 is 1.19 bits per heavy atom. The molecule has 6 nitrogen and oxygen atoms in total. The van der Waals surface area contributed by atoms with E-state index >= 15 is 0 Å². The van der Waals surface area contributed by atoms with Crippen LogP contribution in [0.25, 0.3) is 0 Å². The third-order valence-electron chi connectivity index (χ3n) is 5.01. The van der Waals surface area contributed by atoms with Crippen molar-refractivity contribution in [1.29, 1.82) is 0 Å². The molecule has 1 aliphatic heterocycles. The summed E-state index contributed by atoms with van der Waals surface area (Å²) in [7, 11) is 1.65. The van der Waals surface area contributed by atoms with Gasteiger partial charge >= 0.3 is 5.97 Å². The molecular weight excluding hydrogens is 332 g/mol. The minimum Gasteiger partial charge on any atom is -0.481 e. The summed E-state index contributed by atoms with van der Waals surface area (Å²) >= 11 is 0. The molecule has 1 fully saturated rings. The number of nitrogens with zero attached hydrogens (tertiary/aromatic N) is 2. The van der Waals surface area contributed by atoms with Crippen LogP contribution in [0.15, 0.2) is 30.3 Å². The maximum absolute atomic E-state index is 12.5. The molecule has 1 unspecified atom stereocenters. The van der Waals surface area contributed by atoms with E-state index in [1.165, 1.54) is 4.90 Å². The van der Waals surface area contributed by atoms with E-state index in [4.69, 9.17) is 5.11 Å². The lowest BCUT2D eigenvalue weighted by molar-refractivity contribution is -0.144. The highest BCUT2D eigenvalue weighted by atomic mass is 16.4. The van der Waals surface area contributed by atoms with Gasteiger partial charge in [-0.15, -0.1) is 0 Å². The van der Waals surface area contributed by atoms with Crippen LogP contribution in [0, 0.1) is 11.8 Å². The molecule has 0 radical (unpaired) electrons. The highest BCUT2D eigenvalue weighted by Crippen LogP contribution is 2.20. The summed E-state index contributed by atoms with van der Waals surface area (Å²) in [6.07, 6.45) is 2.50. The zero-order valence-electron chi connectivity index (χ0n) is 15.6. The van der Waals surface area contributed by atoms with Crippen LogP contribution in [0.2, 0.25) is 0 Å². The van der Waals surface area contributed by atoms with Crippen LogP contribution in [0.3, 0.4) is 0 Å². The second-order valence-electron chi connectivity index (χ2n) is 7.10. The molecule has 1 N–H and O–H groups in total. The van der Waals surface area contributed by atoms with Gasteiger partial charge in [0, 0.05) is 39.0 Å². The first kappa shape index (κ1) is 19.9. The van der Waals surface area contributed by atoms with E-state index in [9.17, 15) is 14.4 Å². The molecule has 0 aromatic heterocycles. The topological polar surface area (TPSA) is 77.9 Å². The number of hydrogen-bond donors (Lipinski definition) is 1. The van der Waals surface area contributed by atoms with Gasteiger partial charge < -0.3 is 14.9 Å². The van der Waals surface area contributed by atoms with E-state index < -0.39 is 11.9 Å². The van der Waals surface area contributed by atoms with Gasteiger partial charge in [-0.05, 0) is 24.8 Å². The van der Waals surface area contributed by atoms with Crippen molar-refractivity contribution < 1.29 is 19.5 Å². The van der Waals surface area contributed by atoms with E-state index in [2.05, 4.69) is 0 Å². The minimum atomic E-state index is -0.900. The summed E-state index contributed by atoms with van der Waals surface area (Å²) in [6, 6.07) is 9.94. The van der Waals surface area contributed by atoms with Gasteiger partial charge in [-0.2, -0.15) is 0 Å². The predicted molar refractivity (Wildman–Crippen MR) is 98.5 cm³/mol. The summed E-state index contributed by atoms with van der Waals surface area (Å²) in [5.41, 5.74) is 1.15. The monoisotopic (exact) mass is 360 g/mol. The molecule has 2 rings (SSSR count). The molecule has 0 spiro atoms. The third kappa shape index (κ3) is 5.58. The molecule has 1 saturated heterocycles. The minimum absolute atomic E-state index is 0.0190. The number of likely N-dealkylation sites (tertiary alicyclic amines) is 1. The summed E-state index contributed by atoms with van der Waals surface area (Å²) in [4.78, 5) is 39.1. The number of carbonyl (C=O) groups excluding carboxylic acids is 2. The number of carboxylic acid groups (broad SMARTS) is 1. The zero-order chi connectivity index (χ0) is 19.1. The van der Waals surface area contributed by atoms with Crippen LogP contribution in [0.4, 0.5) is 0 Å². The first-order valence-corrected chi connectivity index (χ1v) is 9.18. The smallest absolute Gasteiger partial charge is 0.308 e. The lowest BCUT2D eigenvalue weighted by Gasteiger charge is -2.33. The van der Waals surface area contributed by atoms with Gasteiger partial charge in [0.15, 0.2) is 0 Å². The molecule has 1 aromatic rings. The first-order chi connectivity index (χ1) is 12.4. The number of piperidine rings is 1. The Morgan fingerprint density at radius 3 is 2.38 bits per heavy atom. The second kappa shape index (κ2) is 9.36. The van der Waals surface area contributed by atoms with Crippen molar-refractivity contribution in [3.05, 3.63) is 35.9 Å². The Labute approximate surface area is 154 Å². The average Bonchev–Trinajstić information content (AvgIpc) is 2.66. The standard InChI is InChI=1S/C20H28N2O4/c1-15(20(25)26)14-21(2)19(24)17-10-12-22(13-11-17)18(23)9-8-16-6-4-3-5-7-16/h3-7,15,17H,8-14H2,1-2H3,(H,25,26).